The first-order chi connectivity index (χ1) is 9.38. The van der Waals surface area contributed by atoms with Crippen molar-refractivity contribution in [3.63, 3.8) is 0 Å². The molecule has 1 rings (SSSR count). The number of carbonyl (C=O) groups is 1. The average Bonchev–Trinajstić information content (AvgIpc) is 2.39. The molecule has 0 fully saturated rings. The number of amides is 2. The molecule has 2 amide bonds. The molecule has 0 heterocycles. The number of anilines is 1. The minimum atomic E-state index is -0.453. The van der Waals surface area contributed by atoms with Crippen molar-refractivity contribution in [1.29, 1.82) is 0 Å². The third kappa shape index (κ3) is 3.92. The van der Waals surface area contributed by atoms with Crippen LogP contribution in [0.25, 0.3) is 0 Å². The van der Waals surface area contributed by atoms with Gasteiger partial charge in [0.2, 0.25) is 0 Å². The number of urea groups is 1. The Balaban J connectivity index is 2.85. The van der Waals surface area contributed by atoms with E-state index in [0.29, 0.717) is 23.2 Å². The fourth-order valence-corrected chi connectivity index (χ4v) is 1.75. The van der Waals surface area contributed by atoms with Crippen molar-refractivity contribution >= 4 is 17.4 Å². The second-order valence-corrected chi connectivity index (χ2v) is 4.60. The average molecular weight is 281 g/mol. The van der Waals surface area contributed by atoms with Crippen LogP contribution in [0.3, 0.4) is 0 Å². The number of carbonyl (C=O) groups excluding carboxylic acids is 1. The van der Waals surface area contributed by atoms with Crippen molar-refractivity contribution in [2.45, 2.75) is 33.2 Å². The minimum Gasteiger partial charge on any atom is -0.394 e. The largest absolute Gasteiger partial charge is 0.394 e. The fraction of sp³-hybridized carbons (Fsp3) is 0.462. The van der Waals surface area contributed by atoms with Crippen LogP contribution in [0.4, 0.5) is 16.2 Å². The van der Waals surface area contributed by atoms with Gasteiger partial charge < -0.3 is 15.7 Å². The third-order valence-electron chi connectivity index (χ3n) is 3.04. The molecule has 1 aromatic carbocycles. The third-order valence-corrected chi connectivity index (χ3v) is 3.04. The van der Waals surface area contributed by atoms with E-state index in [9.17, 15) is 14.9 Å². The number of nitrogens with zero attached hydrogens (tertiary/aromatic N) is 1. The van der Waals surface area contributed by atoms with Crippen LogP contribution in [0.2, 0.25) is 0 Å². The molecule has 0 aromatic heterocycles. The predicted octanol–water partition coefficient (Wildman–Crippen LogP) is 2.10. The van der Waals surface area contributed by atoms with E-state index in [0.717, 1.165) is 0 Å². The number of rotatable bonds is 5. The number of nitro benzene ring substituents is 1. The lowest BCUT2D eigenvalue weighted by molar-refractivity contribution is -0.385. The van der Waals surface area contributed by atoms with E-state index in [1.807, 2.05) is 6.92 Å². The van der Waals surface area contributed by atoms with E-state index >= 15 is 0 Å². The van der Waals surface area contributed by atoms with Crippen molar-refractivity contribution in [1.82, 2.24) is 5.32 Å². The normalized spacial score (nSPS) is 11.8. The maximum atomic E-state index is 11.8. The Labute approximate surface area is 117 Å². The summed E-state index contributed by atoms with van der Waals surface area (Å²) < 4.78 is 0. The van der Waals surface area contributed by atoms with E-state index in [1.165, 1.54) is 6.07 Å². The van der Waals surface area contributed by atoms with Gasteiger partial charge in [0.1, 0.15) is 0 Å². The van der Waals surface area contributed by atoms with Crippen LogP contribution in [-0.4, -0.2) is 28.7 Å². The second-order valence-electron chi connectivity index (χ2n) is 4.60. The van der Waals surface area contributed by atoms with Crippen molar-refractivity contribution in [3.05, 3.63) is 33.4 Å². The summed E-state index contributed by atoms with van der Waals surface area (Å²) >= 11 is 0. The van der Waals surface area contributed by atoms with Crippen LogP contribution in [0.5, 0.6) is 0 Å². The molecule has 0 spiro atoms. The minimum absolute atomic E-state index is 0.0234. The Bertz CT molecular complexity index is 513. The zero-order valence-electron chi connectivity index (χ0n) is 11.8. The molecule has 0 aliphatic rings. The standard InChI is InChI=1S/C13H19N3O4/c1-4-10(7-17)14-13(18)15-11-5-9(3)12(16(19)20)6-8(11)2/h5-6,10,17H,4,7H2,1-3H3,(H2,14,15,18). The summed E-state index contributed by atoms with van der Waals surface area (Å²) in [5.41, 5.74) is 1.62. The maximum absolute atomic E-state index is 11.8. The maximum Gasteiger partial charge on any atom is 0.319 e. The number of benzene rings is 1. The van der Waals surface area contributed by atoms with Crippen LogP contribution >= 0.6 is 0 Å². The molecule has 1 atom stereocenters. The summed E-state index contributed by atoms with van der Waals surface area (Å²) in [5, 5.41) is 25.1. The lowest BCUT2D eigenvalue weighted by Crippen LogP contribution is -2.39. The van der Waals surface area contributed by atoms with E-state index in [2.05, 4.69) is 10.6 Å². The molecular weight excluding hydrogens is 262 g/mol. The molecule has 1 aromatic rings. The Morgan fingerprint density at radius 3 is 2.55 bits per heavy atom. The van der Waals surface area contributed by atoms with Gasteiger partial charge in [-0.3, -0.25) is 10.1 Å². The summed E-state index contributed by atoms with van der Waals surface area (Å²) in [4.78, 5) is 22.1. The van der Waals surface area contributed by atoms with Gasteiger partial charge in [0, 0.05) is 17.3 Å². The topological polar surface area (TPSA) is 104 Å². The number of nitrogens with one attached hydrogen (secondary N) is 2. The van der Waals surface area contributed by atoms with Gasteiger partial charge in [0.25, 0.3) is 5.69 Å². The summed E-state index contributed by atoms with van der Waals surface area (Å²) in [6.07, 6.45) is 0.613. The van der Waals surface area contributed by atoms with Crippen LogP contribution < -0.4 is 10.6 Å². The zero-order chi connectivity index (χ0) is 15.3. The molecule has 3 N–H and O–H groups in total. The smallest absolute Gasteiger partial charge is 0.319 e. The first-order valence-corrected chi connectivity index (χ1v) is 6.33. The molecule has 7 heteroatoms. The molecule has 1 unspecified atom stereocenters. The van der Waals surface area contributed by atoms with Gasteiger partial charge in [-0.25, -0.2) is 4.79 Å². The van der Waals surface area contributed by atoms with Gasteiger partial charge >= 0.3 is 6.03 Å². The Morgan fingerprint density at radius 1 is 1.40 bits per heavy atom. The molecule has 0 radical (unpaired) electrons. The van der Waals surface area contributed by atoms with Crippen LogP contribution in [0, 0.1) is 24.0 Å². The molecule has 0 saturated carbocycles. The quantitative estimate of drug-likeness (QED) is 0.567. The predicted molar refractivity (Wildman–Crippen MR) is 75.9 cm³/mol. The summed E-state index contributed by atoms with van der Waals surface area (Å²) in [7, 11) is 0. The summed E-state index contributed by atoms with van der Waals surface area (Å²) in [6.45, 7) is 5.01. The lowest BCUT2D eigenvalue weighted by atomic mass is 10.1. The van der Waals surface area contributed by atoms with Gasteiger partial charge in [-0.1, -0.05) is 6.92 Å². The number of hydrogen-bond donors (Lipinski definition) is 3. The first kappa shape index (κ1) is 15.9. The van der Waals surface area contributed by atoms with Gasteiger partial charge in [0.15, 0.2) is 0 Å². The van der Waals surface area contributed by atoms with Gasteiger partial charge in [-0.05, 0) is 31.9 Å². The molecule has 20 heavy (non-hydrogen) atoms. The lowest BCUT2D eigenvalue weighted by Gasteiger charge is -2.16. The van der Waals surface area contributed by atoms with Crippen molar-refractivity contribution in [2.24, 2.45) is 0 Å². The zero-order valence-corrected chi connectivity index (χ0v) is 11.8. The van der Waals surface area contributed by atoms with Gasteiger partial charge in [0.05, 0.1) is 17.6 Å². The number of aliphatic hydroxyl groups is 1. The fourth-order valence-electron chi connectivity index (χ4n) is 1.75. The second kappa shape index (κ2) is 6.85. The molecule has 0 bridgehead atoms. The van der Waals surface area contributed by atoms with E-state index < -0.39 is 11.0 Å². The van der Waals surface area contributed by atoms with E-state index in [4.69, 9.17) is 5.11 Å². The number of nitro groups is 1. The highest BCUT2D eigenvalue weighted by Crippen LogP contribution is 2.25. The van der Waals surface area contributed by atoms with Gasteiger partial charge in [-0.15, -0.1) is 0 Å². The van der Waals surface area contributed by atoms with E-state index in [-0.39, 0.29) is 18.3 Å². The SMILES string of the molecule is CCC(CO)NC(=O)Nc1cc(C)c([N+](=O)[O-])cc1C. The molecule has 0 aliphatic heterocycles. The number of aryl methyl sites for hydroxylation is 2. The number of aliphatic hydroxyl groups excluding tert-OH is 1. The molecule has 7 nitrogen and oxygen atoms in total. The van der Waals surface area contributed by atoms with Crippen LogP contribution in [0.15, 0.2) is 12.1 Å². The monoisotopic (exact) mass is 281 g/mol. The Hall–Kier alpha value is -2.15. The van der Waals surface area contributed by atoms with Crippen molar-refractivity contribution in [3.8, 4) is 0 Å². The summed E-state index contributed by atoms with van der Waals surface area (Å²) in [5.74, 6) is 0. The Kier molecular flexibility index (Phi) is 5.45. The highest BCUT2D eigenvalue weighted by molar-refractivity contribution is 5.90. The van der Waals surface area contributed by atoms with Crippen LogP contribution in [0.1, 0.15) is 24.5 Å². The van der Waals surface area contributed by atoms with E-state index in [1.54, 1.807) is 19.9 Å². The van der Waals surface area contributed by atoms with Crippen molar-refractivity contribution in [2.75, 3.05) is 11.9 Å². The Morgan fingerprint density at radius 2 is 2.05 bits per heavy atom. The summed E-state index contributed by atoms with van der Waals surface area (Å²) in [6, 6.07) is 2.23. The molecular formula is C13H19N3O4. The van der Waals surface area contributed by atoms with Crippen LogP contribution in [-0.2, 0) is 0 Å². The molecule has 0 aliphatic carbocycles. The van der Waals surface area contributed by atoms with Gasteiger partial charge in [-0.2, -0.15) is 0 Å². The molecule has 0 saturated heterocycles. The molecule has 110 valence electrons. The first-order valence-electron chi connectivity index (χ1n) is 6.33. The van der Waals surface area contributed by atoms with Crippen molar-refractivity contribution < 1.29 is 14.8 Å². The highest BCUT2D eigenvalue weighted by atomic mass is 16.6. The number of hydrogen-bond acceptors (Lipinski definition) is 4. The highest BCUT2D eigenvalue weighted by Gasteiger charge is 2.15.